The first-order valence-corrected chi connectivity index (χ1v) is 9.70. The molecule has 3 rings (SSSR count). The summed E-state index contributed by atoms with van der Waals surface area (Å²) in [5.74, 6) is 1.48. The predicted molar refractivity (Wildman–Crippen MR) is 102 cm³/mol. The first kappa shape index (κ1) is 18.9. The number of piperidine rings is 1. The summed E-state index contributed by atoms with van der Waals surface area (Å²) in [6.07, 6.45) is 3.93. The van der Waals surface area contributed by atoms with E-state index in [1.54, 1.807) is 0 Å². The number of carbonyl (C=O) groups is 1. The zero-order chi connectivity index (χ0) is 18.4. The van der Waals surface area contributed by atoms with Gasteiger partial charge in [0.15, 0.2) is 0 Å². The first-order valence-electron chi connectivity index (χ1n) is 9.70. The fourth-order valence-corrected chi connectivity index (χ4v) is 3.76. The van der Waals surface area contributed by atoms with E-state index in [2.05, 4.69) is 33.1 Å². The number of urea groups is 1. The van der Waals surface area contributed by atoms with Gasteiger partial charge in [-0.2, -0.15) is 0 Å². The van der Waals surface area contributed by atoms with Crippen molar-refractivity contribution in [2.75, 3.05) is 63.9 Å². The van der Waals surface area contributed by atoms with Gasteiger partial charge >= 0.3 is 6.03 Å². The average molecular weight is 361 g/mol. The molecule has 0 bridgehead atoms. The molecular weight excluding hydrogens is 330 g/mol. The van der Waals surface area contributed by atoms with Crippen molar-refractivity contribution in [2.24, 2.45) is 5.92 Å². The van der Waals surface area contributed by atoms with E-state index in [9.17, 15) is 9.90 Å². The zero-order valence-corrected chi connectivity index (χ0v) is 15.7. The third-order valence-electron chi connectivity index (χ3n) is 5.52. The fourth-order valence-electron chi connectivity index (χ4n) is 3.76. The normalized spacial score (nSPS) is 19.6. The Morgan fingerprint density at radius 3 is 2.62 bits per heavy atom. The minimum atomic E-state index is 0.0348. The molecule has 1 aromatic heterocycles. The van der Waals surface area contributed by atoms with Crippen molar-refractivity contribution < 1.29 is 9.90 Å². The Labute approximate surface area is 156 Å². The number of piperazine rings is 1. The Hall–Kier alpha value is -1.86. The highest BCUT2D eigenvalue weighted by Gasteiger charge is 2.23. The average Bonchev–Trinajstić information content (AvgIpc) is 2.69. The summed E-state index contributed by atoms with van der Waals surface area (Å²) < 4.78 is 0. The van der Waals surface area contributed by atoms with E-state index >= 15 is 0 Å². The summed E-state index contributed by atoms with van der Waals surface area (Å²) in [7, 11) is 0. The van der Waals surface area contributed by atoms with Crippen LogP contribution in [0.3, 0.4) is 0 Å². The Morgan fingerprint density at radius 2 is 1.96 bits per heavy atom. The molecule has 2 saturated heterocycles. The minimum Gasteiger partial charge on any atom is -0.396 e. The maximum atomic E-state index is 12.4. The molecule has 2 aliphatic rings. The number of aliphatic hydroxyl groups is 1. The van der Waals surface area contributed by atoms with Crippen molar-refractivity contribution in [1.29, 1.82) is 0 Å². The summed E-state index contributed by atoms with van der Waals surface area (Å²) in [5, 5.41) is 12.2. The van der Waals surface area contributed by atoms with Crippen molar-refractivity contribution in [3.63, 3.8) is 0 Å². The molecule has 0 unspecified atom stereocenters. The molecule has 3 heterocycles. The number of aryl methyl sites for hydroxylation is 1. The second kappa shape index (κ2) is 9.19. The molecule has 2 amide bonds. The number of amides is 2. The highest BCUT2D eigenvalue weighted by Crippen LogP contribution is 2.18. The van der Waals surface area contributed by atoms with Crippen molar-refractivity contribution in [3.8, 4) is 0 Å². The van der Waals surface area contributed by atoms with Crippen molar-refractivity contribution in [2.45, 2.75) is 19.8 Å². The molecule has 2 aliphatic heterocycles. The van der Waals surface area contributed by atoms with Crippen LogP contribution in [0.5, 0.6) is 0 Å². The van der Waals surface area contributed by atoms with Crippen LogP contribution >= 0.6 is 0 Å². The van der Waals surface area contributed by atoms with E-state index in [1.165, 1.54) is 5.56 Å². The third kappa shape index (κ3) is 4.86. The summed E-state index contributed by atoms with van der Waals surface area (Å²) in [5.41, 5.74) is 1.18. The van der Waals surface area contributed by atoms with E-state index in [4.69, 9.17) is 0 Å². The number of aliphatic hydroxyl groups excluding tert-OH is 1. The topological polar surface area (TPSA) is 71.9 Å². The van der Waals surface area contributed by atoms with Crippen LogP contribution in [0.4, 0.5) is 10.6 Å². The number of rotatable bonds is 5. The minimum absolute atomic E-state index is 0.0348. The smallest absolute Gasteiger partial charge is 0.317 e. The number of likely N-dealkylation sites (tertiary alicyclic amines) is 1. The number of pyridine rings is 1. The highest BCUT2D eigenvalue weighted by molar-refractivity contribution is 5.74. The zero-order valence-electron chi connectivity index (χ0n) is 15.7. The summed E-state index contributed by atoms with van der Waals surface area (Å²) in [6.45, 7) is 9.07. The van der Waals surface area contributed by atoms with E-state index < -0.39 is 0 Å². The lowest BCUT2D eigenvalue weighted by Gasteiger charge is -2.36. The van der Waals surface area contributed by atoms with Gasteiger partial charge in [-0.05, 0) is 50.4 Å². The van der Waals surface area contributed by atoms with Crippen LogP contribution < -0.4 is 10.2 Å². The molecule has 0 radical (unpaired) electrons. The van der Waals surface area contributed by atoms with Crippen LogP contribution in [0.1, 0.15) is 18.4 Å². The SMILES string of the molecule is Cc1cccnc1N1CCN(C(=O)NCCN2CCC(CO)CC2)CC1. The quantitative estimate of drug-likeness (QED) is 0.816. The number of carbonyl (C=O) groups excluding carboxylic acids is 1. The van der Waals surface area contributed by atoms with Gasteiger partial charge in [0, 0.05) is 52.1 Å². The Balaban J connectivity index is 1.36. The third-order valence-corrected chi connectivity index (χ3v) is 5.52. The monoisotopic (exact) mass is 361 g/mol. The van der Waals surface area contributed by atoms with E-state index in [1.807, 2.05) is 17.2 Å². The largest absolute Gasteiger partial charge is 0.396 e. The molecule has 0 atom stereocenters. The van der Waals surface area contributed by atoms with Gasteiger partial charge in [-0.1, -0.05) is 6.07 Å². The van der Waals surface area contributed by atoms with Crippen LogP contribution in [0.15, 0.2) is 18.3 Å². The van der Waals surface area contributed by atoms with Crippen LogP contribution in [-0.4, -0.2) is 84.9 Å². The molecule has 7 nitrogen and oxygen atoms in total. The van der Waals surface area contributed by atoms with Crippen LogP contribution in [0, 0.1) is 12.8 Å². The lowest BCUT2D eigenvalue weighted by molar-refractivity contribution is 0.131. The Kier molecular flexibility index (Phi) is 6.68. The van der Waals surface area contributed by atoms with Gasteiger partial charge in [-0.3, -0.25) is 0 Å². The van der Waals surface area contributed by atoms with Gasteiger partial charge in [-0.15, -0.1) is 0 Å². The maximum absolute atomic E-state index is 12.4. The molecule has 0 aliphatic carbocycles. The van der Waals surface area contributed by atoms with Crippen LogP contribution in [0.2, 0.25) is 0 Å². The molecule has 2 fully saturated rings. The molecule has 7 heteroatoms. The second-order valence-electron chi connectivity index (χ2n) is 7.32. The van der Waals surface area contributed by atoms with Crippen LogP contribution in [-0.2, 0) is 0 Å². The van der Waals surface area contributed by atoms with Gasteiger partial charge in [0.25, 0.3) is 0 Å². The number of hydrogen-bond acceptors (Lipinski definition) is 5. The Bertz CT molecular complexity index is 581. The van der Waals surface area contributed by atoms with Crippen molar-refractivity contribution >= 4 is 11.8 Å². The molecule has 0 saturated carbocycles. The Morgan fingerprint density at radius 1 is 1.23 bits per heavy atom. The van der Waals surface area contributed by atoms with E-state index in [-0.39, 0.29) is 6.03 Å². The van der Waals surface area contributed by atoms with Gasteiger partial charge in [0.1, 0.15) is 5.82 Å². The standard InChI is InChI=1S/C19H31N5O2/c1-16-3-2-6-20-18(16)23-11-13-24(14-12-23)19(26)21-7-10-22-8-4-17(15-25)5-9-22/h2-3,6,17,25H,4-5,7-15H2,1H3,(H,21,26). The molecule has 26 heavy (non-hydrogen) atoms. The van der Waals surface area contributed by atoms with E-state index in [0.29, 0.717) is 19.1 Å². The second-order valence-corrected chi connectivity index (χ2v) is 7.32. The summed E-state index contributed by atoms with van der Waals surface area (Å²) in [6, 6.07) is 4.06. The number of hydrogen-bond donors (Lipinski definition) is 2. The number of aromatic nitrogens is 1. The number of nitrogens with one attached hydrogen (secondary N) is 1. The van der Waals surface area contributed by atoms with Gasteiger partial charge in [0.2, 0.25) is 0 Å². The number of anilines is 1. The summed E-state index contributed by atoms with van der Waals surface area (Å²) in [4.78, 5) is 23.4. The lowest BCUT2D eigenvalue weighted by Crippen LogP contribution is -2.53. The van der Waals surface area contributed by atoms with Crippen molar-refractivity contribution in [1.82, 2.24) is 20.1 Å². The van der Waals surface area contributed by atoms with Gasteiger partial charge < -0.3 is 25.1 Å². The lowest BCUT2D eigenvalue weighted by atomic mass is 9.98. The molecule has 0 spiro atoms. The fraction of sp³-hybridized carbons (Fsp3) is 0.684. The predicted octanol–water partition coefficient (Wildman–Crippen LogP) is 0.926. The summed E-state index contributed by atoms with van der Waals surface area (Å²) >= 11 is 0. The first-order chi connectivity index (χ1) is 12.7. The van der Waals surface area contributed by atoms with E-state index in [0.717, 1.165) is 64.5 Å². The van der Waals surface area contributed by atoms with Crippen LogP contribution in [0.25, 0.3) is 0 Å². The molecule has 0 aromatic carbocycles. The molecular formula is C19H31N5O2. The molecule has 1 aromatic rings. The highest BCUT2D eigenvalue weighted by atomic mass is 16.3. The number of nitrogens with zero attached hydrogens (tertiary/aromatic N) is 4. The maximum Gasteiger partial charge on any atom is 0.317 e. The van der Waals surface area contributed by atoms with Gasteiger partial charge in [-0.25, -0.2) is 9.78 Å². The molecule has 144 valence electrons. The van der Waals surface area contributed by atoms with Gasteiger partial charge in [0.05, 0.1) is 0 Å². The van der Waals surface area contributed by atoms with Crippen molar-refractivity contribution in [3.05, 3.63) is 23.9 Å². The molecule has 2 N–H and O–H groups in total.